The van der Waals surface area contributed by atoms with Gasteiger partial charge in [-0.3, -0.25) is 0 Å². The molecule has 0 aliphatic heterocycles. The molecule has 2 aliphatic carbocycles. The number of hydrogen-bond donors (Lipinski definition) is 1. The molecule has 1 fully saturated rings. The van der Waals surface area contributed by atoms with Crippen molar-refractivity contribution in [2.45, 2.75) is 50.6 Å². The number of hydrogen-bond acceptors (Lipinski definition) is 3. The Labute approximate surface area is 124 Å². The van der Waals surface area contributed by atoms with Crippen molar-refractivity contribution in [3.63, 3.8) is 0 Å². The molecule has 1 unspecified atom stereocenters. The molecule has 3 heteroatoms. The van der Waals surface area contributed by atoms with Gasteiger partial charge >= 0.3 is 0 Å². The van der Waals surface area contributed by atoms with Crippen molar-refractivity contribution < 1.29 is 0 Å². The number of aryl methyl sites for hydroxylation is 2. The predicted molar refractivity (Wildman–Crippen MR) is 83.2 cm³/mol. The van der Waals surface area contributed by atoms with Gasteiger partial charge in [-0.25, -0.2) is 4.98 Å². The van der Waals surface area contributed by atoms with Crippen LogP contribution in [-0.2, 0) is 18.4 Å². The Morgan fingerprint density at radius 2 is 2.05 bits per heavy atom. The summed E-state index contributed by atoms with van der Waals surface area (Å²) >= 11 is 1.83. The van der Waals surface area contributed by atoms with E-state index in [4.69, 9.17) is 4.98 Å². The summed E-state index contributed by atoms with van der Waals surface area (Å²) in [6.07, 6.45) is 6.08. The third-order valence-electron chi connectivity index (χ3n) is 4.52. The van der Waals surface area contributed by atoms with Crippen LogP contribution in [0, 0.1) is 6.92 Å². The lowest BCUT2D eigenvalue weighted by Gasteiger charge is -2.38. The molecule has 20 heavy (non-hydrogen) atoms. The number of benzene rings is 1. The average molecular weight is 284 g/mol. The lowest BCUT2D eigenvalue weighted by Crippen LogP contribution is -2.47. The maximum absolute atomic E-state index is 4.82. The van der Waals surface area contributed by atoms with Gasteiger partial charge in [0, 0.05) is 17.1 Å². The van der Waals surface area contributed by atoms with E-state index >= 15 is 0 Å². The van der Waals surface area contributed by atoms with Crippen molar-refractivity contribution in [3.05, 3.63) is 51.5 Å². The predicted octanol–water partition coefficient (Wildman–Crippen LogP) is 3.59. The minimum absolute atomic E-state index is 0.0778. The summed E-state index contributed by atoms with van der Waals surface area (Å²) in [4.78, 5) is 4.82. The lowest BCUT2D eigenvalue weighted by atomic mass is 9.78. The molecular formula is C17H20N2S. The first kappa shape index (κ1) is 12.5. The summed E-state index contributed by atoms with van der Waals surface area (Å²) in [6, 6.07) is 9.61. The van der Waals surface area contributed by atoms with Crippen LogP contribution in [0.25, 0.3) is 0 Å². The fourth-order valence-electron chi connectivity index (χ4n) is 3.30. The third kappa shape index (κ3) is 2.19. The van der Waals surface area contributed by atoms with E-state index < -0.39 is 0 Å². The maximum Gasteiger partial charge on any atom is 0.113 e. The molecule has 1 saturated carbocycles. The standard InChI is InChI=1S/C17H20N2S/c1-12-11-20-16(18-12)17(19-15-6-7-15)9-8-13-4-2-3-5-14(13)10-17/h2-5,11,15,19H,6-10H2,1H3. The molecule has 0 radical (unpaired) electrons. The van der Waals surface area contributed by atoms with Gasteiger partial charge in [-0.2, -0.15) is 0 Å². The second-order valence-corrected chi connectivity index (χ2v) is 7.10. The number of fused-ring (bicyclic) bond motifs is 1. The van der Waals surface area contributed by atoms with Crippen molar-refractivity contribution in [3.8, 4) is 0 Å². The molecule has 1 aromatic heterocycles. The summed E-state index contributed by atoms with van der Waals surface area (Å²) in [5.41, 5.74) is 4.25. The van der Waals surface area contributed by atoms with Crippen molar-refractivity contribution in [1.29, 1.82) is 0 Å². The van der Waals surface area contributed by atoms with Crippen molar-refractivity contribution in [2.24, 2.45) is 0 Å². The van der Waals surface area contributed by atoms with Gasteiger partial charge in [-0.15, -0.1) is 11.3 Å². The highest BCUT2D eigenvalue weighted by Gasteiger charge is 2.42. The van der Waals surface area contributed by atoms with Crippen molar-refractivity contribution in [1.82, 2.24) is 10.3 Å². The zero-order valence-corrected chi connectivity index (χ0v) is 12.7. The van der Waals surface area contributed by atoms with Gasteiger partial charge in [0.2, 0.25) is 0 Å². The smallest absolute Gasteiger partial charge is 0.113 e. The van der Waals surface area contributed by atoms with Crippen LogP contribution in [0.15, 0.2) is 29.6 Å². The number of aromatic nitrogens is 1. The zero-order chi connectivity index (χ0) is 13.6. The summed E-state index contributed by atoms with van der Waals surface area (Å²) in [5.74, 6) is 0. The molecule has 0 bridgehead atoms. The van der Waals surface area contributed by atoms with E-state index in [1.807, 2.05) is 11.3 Å². The van der Waals surface area contributed by atoms with E-state index in [1.54, 1.807) is 0 Å². The molecule has 0 spiro atoms. The molecule has 0 saturated heterocycles. The minimum atomic E-state index is 0.0778. The highest BCUT2D eigenvalue weighted by molar-refractivity contribution is 7.09. The Balaban J connectivity index is 1.73. The monoisotopic (exact) mass is 284 g/mol. The number of nitrogens with one attached hydrogen (secondary N) is 1. The number of nitrogens with zero attached hydrogens (tertiary/aromatic N) is 1. The lowest BCUT2D eigenvalue weighted by molar-refractivity contribution is 0.286. The fraction of sp³-hybridized carbons (Fsp3) is 0.471. The van der Waals surface area contributed by atoms with E-state index in [1.165, 1.54) is 35.4 Å². The molecular weight excluding hydrogens is 264 g/mol. The summed E-state index contributed by atoms with van der Waals surface area (Å²) in [5, 5.41) is 7.40. The molecule has 1 heterocycles. The second kappa shape index (κ2) is 4.68. The Hall–Kier alpha value is -1.19. The minimum Gasteiger partial charge on any atom is -0.302 e. The molecule has 104 valence electrons. The highest BCUT2D eigenvalue weighted by Crippen LogP contribution is 2.40. The quantitative estimate of drug-likeness (QED) is 0.931. The van der Waals surface area contributed by atoms with Crippen LogP contribution < -0.4 is 5.32 Å². The number of rotatable bonds is 3. The molecule has 4 rings (SSSR count). The fourth-order valence-corrected chi connectivity index (χ4v) is 4.29. The van der Waals surface area contributed by atoms with Crippen LogP contribution in [0.3, 0.4) is 0 Å². The van der Waals surface area contributed by atoms with Gasteiger partial charge in [-0.1, -0.05) is 24.3 Å². The first-order valence-electron chi connectivity index (χ1n) is 7.52. The topological polar surface area (TPSA) is 24.9 Å². The zero-order valence-electron chi connectivity index (χ0n) is 11.9. The summed E-state index contributed by atoms with van der Waals surface area (Å²) in [6.45, 7) is 2.10. The average Bonchev–Trinajstić information content (AvgIpc) is 3.16. The van der Waals surface area contributed by atoms with Crippen LogP contribution >= 0.6 is 11.3 Å². The Bertz CT molecular complexity index is 629. The van der Waals surface area contributed by atoms with Crippen LogP contribution in [-0.4, -0.2) is 11.0 Å². The van der Waals surface area contributed by atoms with Gasteiger partial charge in [0.1, 0.15) is 5.01 Å². The summed E-state index contributed by atoms with van der Waals surface area (Å²) < 4.78 is 0. The maximum atomic E-state index is 4.82. The molecule has 2 nitrogen and oxygen atoms in total. The van der Waals surface area contributed by atoms with Gasteiger partial charge in [-0.05, 0) is 50.2 Å². The number of thiazole rings is 1. The van der Waals surface area contributed by atoms with E-state index in [-0.39, 0.29) is 5.54 Å². The van der Waals surface area contributed by atoms with Gasteiger partial charge in [0.05, 0.1) is 5.54 Å². The highest BCUT2D eigenvalue weighted by atomic mass is 32.1. The van der Waals surface area contributed by atoms with E-state index in [0.29, 0.717) is 6.04 Å². The van der Waals surface area contributed by atoms with Crippen molar-refractivity contribution in [2.75, 3.05) is 0 Å². The molecule has 1 aromatic carbocycles. The largest absolute Gasteiger partial charge is 0.302 e. The van der Waals surface area contributed by atoms with Crippen LogP contribution in [0.4, 0.5) is 0 Å². The van der Waals surface area contributed by atoms with Gasteiger partial charge < -0.3 is 5.32 Å². The van der Waals surface area contributed by atoms with Gasteiger partial charge in [0.25, 0.3) is 0 Å². The van der Waals surface area contributed by atoms with Crippen LogP contribution in [0.2, 0.25) is 0 Å². The molecule has 0 amide bonds. The van der Waals surface area contributed by atoms with E-state index in [2.05, 4.69) is 41.9 Å². The molecule has 1 N–H and O–H groups in total. The van der Waals surface area contributed by atoms with E-state index in [0.717, 1.165) is 18.5 Å². The Morgan fingerprint density at radius 1 is 1.25 bits per heavy atom. The van der Waals surface area contributed by atoms with Crippen LogP contribution in [0.1, 0.15) is 41.1 Å². The Morgan fingerprint density at radius 3 is 2.75 bits per heavy atom. The third-order valence-corrected chi connectivity index (χ3v) is 5.68. The first-order chi connectivity index (χ1) is 9.75. The molecule has 1 atom stereocenters. The van der Waals surface area contributed by atoms with Crippen LogP contribution in [0.5, 0.6) is 0 Å². The molecule has 2 aromatic rings. The molecule has 2 aliphatic rings. The second-order valence-electron chi connectivity index (χ2n) is 6.24. The Kier molecular flexibility index (Phi) is 2.93. The normalized spacial score (nSPS) is 25.4. The first-order valence-corrected chi connectivity index (χ1v) is 8.40. The van der Waals surface area contributed by atoms with E-state index in [9.17, 15) is 0 Å². The van der Waals surface area contributed by atoms with Gasteiger partial charge in [0.15, 0.2) is 0 Å². The summed E-state index contributed by atoms with van der Waals surface area (Å²) in [7, 11) is 0. The van der Waals surface area contributed by atoms with Crippen molar-refractivity contribution >= 4 is 11.3 Å². The SMILES string of the molecule is Cc1csc(C2(NC3CC3)CCc3ccccc3C2)n1.